The van der Waals surface area contributed by atoms with Crippen molar-refractivity contribution in [3.05, 3.63) is 36.2 Å². The van der Waals surface area contributed by atoms with E-state index in [1.807, 2.05) is 36.0 Å². The molecule has 1 N–H and O–H groups in total. The summed E-state index contributed by atoms with van der Waals surface area (Å²) in [5.41, 5.74) is 1.46. The predicted molar refractivity (Wildman–Crippen MR) is 82.8 cm³/mol. The van der Waals surface area contributed by atoms with Gasteiger partial charge in [-0.25, -0.2) is 4.98 Å². The van der Waals surface area contributed by atoms with Crippen molar-refractivity contribution in [1.29, 1.82) is 0 Å². The fourth-order valence-electron chi connectivity index (χ4n) is 2.77. The molecule has 0 radical (unpaired) electrons. The number of nitrogens with zero attached hydrogens (tertiary/aromatic N) is 5. The van der Waals surface area contributed by atoms with Crippen LogP contribution in [0.1, 0.15) is 35.1 Å². The summed E-state index contributed by atoms with van der Waals surface area (Å²) in [6, 6.07) is 3.73. The van der Waals surface area contributed by atoms with Crippen LogP contribution in [0.4, 0.5) is 5.69 Å². The number of carbonyl (C=O) groups excluding carboxylic acids is 1. The summed E-state index contributed by atoms with van der Waals surface area (Å²) in [4.78, 5) is 25.0. The molecular weight excluding hydrogens is 280 g/mol. The van der Waals surface area contributed by atoms with Gasteiger partial charge in [0.15, 0.2) is 0 Å². The van der Waals surface area contributed by atoms with Crippen molar-refractivity contribution < 1.29 is 4.79 Å². The molecule has 0 saturated carbocycles. The number of likely N-dealkylation sites (tertiary alicyclic amines) is 1. The third-order valence-corrected chi connectivity index (χ3v) is 4.01. The molecule has 3 heterocycles. The number of aromatic amines is 1. The maximum absolute atomic E-state index is 12.7. The first-order valence-electron chi connectivity index (χ1n) is 7.43. The number of rotatable bonds is 3. The Balaban J connectivity index is 1.75. The fourth-order valence-corrected chi connectivity index (χ4v) is 2.77. The first-order chi connectivity index (χ1) is 10.6. The number of hydrogen-bond donors (Lipinski definition) is 1. The quantitative estimate of drug-likeness (QED) is 0.924. The Kier molecular flexibility index (Phi) is 4.04. The lowest BCUT2D eigenvalue weighted by atomic mass is 9.97. The first kappa shape index (κ1) is 14.5. The number of piperidine rings is 1. The van der Waals surface area contributed by atoms with E-state index in [1.54, 1.807) is 6.20 Å². The minimum Gasteiger partial charge on any atom is -0.378 e. The van der Waals surface area contributed by atoms with Gasteiger partial charge in [0.25, 0.3) is 5.91 Å². The van der Waals surface area contributed by atoms with Crippen LogP contribution in [0, 0.1) is 0 Å². The van der Waals surface area contributed by atoms with Crippen LogP contribution in [0.15, 0.2) is 24.7 Å². The third kappa shape index (κ3) is 2.93. The Bertz CT molecular complexity index is 639. The van der Waals surface area contributed by atoms with E-state index < -0.39 is 0 Å². The molecule has 0 aliphatic carbocycles. The molecule has 116 valence electrons. The number of carbonyl (C=O) groups is 1. The van der Waals surface area contributed by atoms with Gasteiger partial charge < -0.3 is 9.80 Å². The topological polar surface area (TPSA) is 78.0 Å². The summed E-state index contributed by atoms with van der Waals surface area (Å²) in [5, 5.41) is 6.81. The van der Waals surface area contributed by atoms with Gasteiger partial charge in [0.05, 0.1) is 0 Å². The molecule has 2 aromatic rings. The molecule has 22 heavy (non-hydrogen) atoms. The van der Waals surface area contributed by atoms with Crippen LogP contribution in [-0.4, -0.2) is 58.2 Å². The van der Waals surface area contributed by atoms with E-state index in [9.17, 15) is 4.79 Å². The lowest BCUT2D eigenvalue weighted by Gasteiger charge is -2.31. The fraction of sp³-hybridized carbons (Fsp3) is 0.467. The predicted octanol–water partition coefficient (Wildman–Crippen LogP) is 1.29. The summed E-state index contributed by atoms with van der Waals surface area (Å²) in [6.07, 6.45) is 5.17. The molecule has 2 aromatic heterocycles. The van der Waals surface area contributed by atoms with Crippen LogP contribution in [0.3, 0.4) is 0 Å². The first-order valence-corrected chi connectivity index (χ1v) is 7.43. The van der Waals surface area contributed by atoms with Crippen LogP contribution in [0.25, 0.3) is 0 Å². The van der Waals surface area contributed by atoms with Gasteiger partial charge in [-0.2, -0.15) is 5.10 Å². The number of anilines is 1. The molecule has 1 aliphatic heterocycles. The second-order valence-electron chi connectivity index (χ2n) is 5.75. The minimum atomic E-state index is -0.0204. The van der Waals surface area contributed by atoms with Crippen LogP contribution in [-0.2, 0) is 0 Å². The Morgan fingerprint density at radius 1 is 1.41 bits per heavy atom. The molecule has 3 rings (SSSR count). The van der Waals surface area contributed by atoms with Crippen molar-refractivity contribution in [3.63, 3.8) is 0 Å². The van der Waals surface area contributed by atoms with E-state index in [1.165, 1.54) is 6.33 Å². The second-order valence-corrected chi connectivity index (χ2v) is 5.75. The van der Waals surface area contributed by atoms with Crippen molar-refractivity contribution in [2.75, 3.05) is 32.1 Å². The van der Waals surface area contributed by atoms with E-state index in [4.69, 9.17) is 0 Å². The number of H-pyrrole nitrogens is 1. The van der Waals surface area contributed by atoms with Crippen LogP contribution >= 0.6 is 0 Å². The van der Waals surface area contributed by atoms with E-state index >= 15 is 0 Å². The van der Waals surface area contributed by atoms with Crippen molar-refractivity contribution >= 4 is 11.6 Å². The Morgan fingerprint density at radius 3 is 3.00 bits per heavy atom. The molecule has 1 aliphatic rings. The molecule has 1 atom stereocenters. The highest BCUT2D eigenvalue weighted by molar-refractivity contribution is 5.93. The highest BCUT2D eigenvalue weighted by Crippen LogP contribution is 2.25. The molecule has 1 amide bonds. The SMILES string of the molecule is CN(C)c1ccnc(C(=O)N2CCCC(c3ncn[nH]3)C2)c1. The Labute approximate surface area is 129 Å². The van der Waals surface area contributed by atoms with Crippen LogP contribution in [0.2, 0.25) is 0 Å². The van der Waals surface area contributed by atoms with Crippen molar-refractivity contribution in [2.24, 2.45) is 0 Å². The van der Waals surface area contributed by atoms with E-state index in [-0.39, 0.29) is 11.8 Å². The van der Waals surface area contributed by atoms with Gasteiger partial charge in [0.2, 0.25) is 0 Å². The molecule has 7 nitrogen and oxygen atoms in total. The molecule has 1 unspecified atom stereocenters. The molecule has 1 fully saturated rings. The molecular formula is C15H20N6O. The van der Waals surface area contributed by atoms with Gasteiger partial charge in [-0.1, -0.05) is 0 Å². The zero-order valence-electron chi connectivity index (χ0n) is 12.9. The summed E-state index contributed by atoms with van der Waals surface area (Å²) < 4.78 is 0. The number of pyridine rings is 1. The molecule has 0 bridgehead atoms. The molecule has 0 aromatic carbocycles. The molecule has 7 heteroatoms. The number of amides is 1. The van der Waals surface area contributed by atoms with Crippen molar-refractivity contribution in [3.8, 4) is 0 Å². The van der Waals surface area contributed by atoms with Crippen LogP contribution < -0.4 is 4.90 Å². The van der Waals surface area contributed by atoms with Gasteiger partial charge in [0.1, 0.15) is 17.8 Å². The second kappa shape index (κ2) is 6.13. The van der Waals surface area contributed by atoms with Gasteiger partial charge in [-0.15, -0.1) is 0 Å². The Hall–Kier alpha value is -2.44. The van der Waals surface area contributed by atoms with Gasteiger partial charge in [-0.05, 0) is 25.0 Å². The Morgan fingerprint density at radius 2 is 2.27 bits per heavy atom. The monoisotopic (exact) mass is 300 g/mol. The zero-order chi connectivity index (χ0) is 15.5. The summed E-state index contributed by atoms with van der Waals surface area (Å²) >= 11 is 0. The summed E-state index contributed by atoms with van der Waals surface area (Å²) in [7, 11) is 3.90. The van der Waals surface area contributed by atoms with E-state index in [2.05, 4.69) is 20.2 Å². The lowest BCUT2D eigenvalue weighted by Crippen LogP contribution is -2.39. The van der Waals surface area contributed by atoms with Crippen LogP contribution in [0.5, 0.6) is 0 Å². The maximum Gasteiger partial charge on any atom is 0.272 e. The average Bonchev–Trinajstić information content (AvgIpc) is 3.09. The van der Waals surface area contributed by atoms with Gasteiger partial charge in [-0.3, -0.25) is 14.9 Å². The maximum atomic E-state index is 12.7. The standard InChI is InChI=1S/C15H20N6O/c1-20(2)12-5-6-16-13(8-12)15(22)21-7-3-4-11(9-21)14-17-10-18-19-14/h5-6,8,10-11H,3-4,7,9H2,1-2H3,(H,17,18,19). The smallest absolute Gasteiger partial charge is 0.272 e. The lowest BCUT2D eigenvalue weighted by molar-refractivity contribution is 0.0698. The van der Waals surface area contributed by atoms with E-state index in [0.717, 1.165) is 30.9 Å². The number of aromatic nitrogens is 4. The molecule has 0 spiro atoms. The van der Waals surface area contributed by atoms with E-state index in [0.29, 0.717) is 12.2 Å². The normalized spacial score (nSPS) is 18.3. The zero-order valence-corrected chi connectivity index (χ0v) is 12.9. The molecule has 1 saturated heterocycles. The highest BCUT2D eigenvalue weighted by Gasteiger charge is 2.27. The van der Waals surface area contributed by atoms with Crippen molar-refractivity contribution in [1.82, 2.24) is 25.1 Å². The van der Waals surface area contributed by atoms with Gasteiger partial charge in [0, 0.05) is 45.0 Å². The van der Waals surface area contributed by atoms with Gasteiger partial charge >= 0.3 is 0 Å². The minimum absolute atomic E-state index is 0.0204. The summed E-state index contributed by atoms with van der Waals surface area (Å²) in [6.45, 7) is 1.42. The average molecular weight is 300 g/mol. The number of hydrogen-bond acceptors (Lipinski definition) is 5. The highest BCUT2D eigenvalue weighted by atomic mass is 16.2. The summed E-state index contributed by atoms with van der Waals surface area (Å²) in [5.74, 6) is 1.05. The largest absolute Gasteiger partial charge is 0.378 e. The third-order valence-electron chi connectivity index (χ3n) is 4.01. The van der Waals surface area contributed by atoms with Crippen molar-refractivity contribution in [2.45, 2.75) is 18.8 Å². The number of nitrogens with one attached hydrogen (secondary N) is 1.